The number of aliphatic hydroxyl groups is 2. The van der Waals surface area contributed by atoms with Crippen molar-refractivity contribution in [3.05, 3.63) is 48.5 Å². The highest BCUT2D eigenvalue weighted by atomic mass is 16.5. The van der Waals surface area contributed by atoms with Gasteiger partial charge in [0.1, 0.15) is 18.5 Å². The molecule has 0 spiro atoms. The lowest BCUT2D eigenvalue weighted by molar-refractivity contribution is -0.144. The Morgan fingerprint density at radius 2 is 2.13 bits per heavy atom. The maximum absolute atomic E-state index is 12.6. The first kappa shape index (κ1) is 21.2. The number of hydrogen-bond donors (Lipinski definition) is 3. The molecule has 3 aromatic rings. The molecule has 4 rings (SSSR count). The van der Waals surface area contributed by atoms with Crippen LogP contribution in [0, 0.1) is 0 Å². The predicted molar refractivity (Wildman–Crippen MR) is 111 cm³/mol. The first-order valence-corrected chi connectivity index (χ1v) is 10.2. The third kappa shape index (κ3) is 4.50. The first-order chi connectivity index (χ1) is 15.1. The molecule has 0 radical (unpaired) electrons. The van der Waals surface area contributed by atoms with Gasteiger partial charge in [-0.15, -0.1) is 0 Å². The largest absolute Gasteiger partial charge is 0.464 e. The number of anilines is 1. The topological polar surface area (TPSA) is 132 Å². The molecular weight excluding hydrogens is 402 g/mol. The summed E-state index contributed by atoms with van der Waals surface area (Å²) in [5.41, 5.74) is 1.86. The number of nitrogens with one attached hydrogen (secondary N) is 1. The zero-order chi connectivity index (χ0) is 21.8. The molecule has 0 bridgehead atoms. The number of carbonyl (C=O) groups excluding carboxylic acids is 1. The van der Waals surface area contributed by atoms with Crippen LogP contribution in [-0.2, 0) is 20.7 Å². The molecule has 2 aromatic heterocycles. The van der Waals surface area contributed by atoms with E-state index in [1.54, 1.807) is 11.5 Å². The van der Waals surface area contributed by atoms with E-state index in [1.165, 1.54) is 12.7 Å². The number of carbonyl (C=O) groups is 1. The van der Waals surface area contributed by atoms with Crippen LogP contribution in [0.1, 0.15) is 25.1 Å². The Kier molecular flexibility index (Phi) is 6.40. The molecule has 4 atom stereocenters. The SMILES string of the molecule is CCOC(=O)[C@H](Cc1ccccc1)Nc1ncnc2c1ncn2[C@@H]1O[C@H](CO)CC1O. The maximum Gasteiger partial charge on any atom is 0.328 e. The van der Waals surface area contributed by atoms with Gasteiger partial charge in [0.2, 0.25) is 0 Å². The van der Waals surface area contributed by atoms with Gasteiger partial charge >= 0.3 is 5.97 Å². The Morgan fingerprint density at radius 3 is 2.84 bits per heavy atom. The van der Waals surface area contributed by atoms with Crippen molar-refractivity contribution in [2.45, 2.75) is 44.2 Å². The molecule has 10 heteroatoms. The fourth-order valence-electron chi connectivity index (χ4n) is 3.69. The summed E-state index contributed by atoms with van der Waals surface area (Å²) in [5.74, 6) is -0.0122. The van der Waals surface area contributed by atoms with E-state index >= 15 is 0 Å². The molecule has 1 aliphatic rings. The molecule has 1 saturated heterocycles. The zero-order valence-electron chi connectivity index (χ0n) is 17.1. The molecule has 1 aromatic carbocycles. The molecule has 164 valence electrons. The van der Waals surface area contributed by atoms with Crippen LogP contribution in [-0.4, -0.2) is 67.2 Å². The molecule has 1 unspecified atom stereocenters. The summed E-state index contributed by atoms with van der Waals surface area (Å²) in [6.45, 7) is 1.85. The molecule has 1 fully saturated rings. The number of aliphatic hydroxyl groups excluding tert-OH is 2. The van der Waals surface area contributed by atoms with Gasteiger partial charge in [0.15, 0.2) is 23.2 Å². The van der Waals surface area contributed by atoms with Gasteiger partial charge in [0.05, 0.1) is 25.6 Å². The van der Waals surface area contributed by atoms with Crippen molar-refractivity contribution in [2.24, 2.45) is 0 Å². The summed E-state index contributed by atoms with van der Waals surface area (Å²) in [6.07, 6.45) is 1.64. The maximum atomic E-state index is 12.6. The summed E-state index contributed by atoms with van der Waals surface area (Å²) in [4.78, 5) is 25.5. The lowest BCUT2D eigenvalue weighted by atomic mass is 10.1. The van der Waals surface area contributed by atoms with E-state index in [0.29, 0.717) is 29.8 Å². The second-order valence-electron chi connectivity index (χ2n) is 7.32. The van der Waals surface area contributed by atoms with E-state index in [9.17, 15) is 15.0 Å². The second-order valence-corrected chi connectivity index (χ2v) is 7.32. The Balaban J connectivity index is 1.62. The minimum Gasteiger partial charge on any atom is -0.464 e. The van der Waals surface area contributed by atoms with E-state index < -0.39 is 30.4 Å². The van der Waals surface area contributed by atoms with Crippen molar-refractivity contribution < 1.29 is 24.5 Å². The van der Waals surface area contributed by atoms with Gasteiger partial charge < -0.3 is 25.0 Å². The number of fused-ring (bicyclic) bond motifs is 1. The number of aromatic nitrogens is 4. The van der Waals surface area contributed by atoms with Crippen molar-refractivity contribution in [3.8, 4) is 0 Å². The Labute approximate surface area is 178 Å². The highest BCUT2D eigenvalue weighted by Gasteiger charge is 2.36. The van der Waals surface area contributed by atoms with Gasteiger partial charge in [-0.3, -0.25) is 4.57 Å². The lowest BCUT2D eigenvalue weighted by Gasteiger charge is -2.19. The van der Waals surface area contributed by atoms with Crippen LogP contribution in [0.2, 0.25) is 0 Å². The van der Waals surface area contributed by atoms with Crippen LogP contribution >= 0.6 is 0 Å². The molecular formula is C21H25N5O5. The van der Waals surface area contributed by atoms with Crippen LogP contribution in [0.4, 0.5) is 5.82 Å². The molecule has 0 amide bonds. The minimum absolute atomic E-state index is 0.178. The van der Waals surface area contributed by atoms with Crippen LogP contribution in [0.3, 0.4) is 0 Å². The number of esters is 1. The normalized spacial score (nSPS) is 21.8. The highest BCUT2D eigenvalue weighted by Crippen LogP contribution is 2.31. The van der Waals surface area contributed by atoms with Gasteiger partial charge in [-0.1, -0.05) is 30.3 Å². The molecule has 0 saturated carbocycles. The molecule has 10 nitrogen and oxygen atoms in total. The predicted octanol–water partition coefficient (Wildman–Crippen LogP) is 1.05. The fourth-order valence-corrected chi connectivity index (χ4v) is 3.69. The van der Waals surface area contributed by atoms with Gasteiger partial charge in [0, 0.05) is 12.8 Å². The van der Waals surface area contributed by atoms with E-state index in [2.05, 4.69) is 20.3 Å². The lowest BCUT2D eigenvalue weighted by Crippen LogP contribution is -2.34. The third-order valence-electron chi connectivity index (χ3n) is 5.17. The summed E-state index contributed by atoms with van der Waals surface area (Å²) in [7, 11) is 0. The summed E-state index contributed by atoms with van der Waals surface area (Å²) >= 11 is 0. The van der Waals surface area contributed by atoms with Crippen LogP contribution in [0.15, 0.2) is 43.0 Å². The second kappa shape index (κ2) is 9.38. The highest BCUT2D eigenvalue weighted by molar-refractivity contribution is 5.86. The number of ether oxygens (including phenoxy) is 2. The fraction of sp³-hybridized carbons (Fsp3) is 0.429. The number of hydrogen-bond acceptors (Lipinski definition) is 9. The van der Waals surface area contributed by atoms with Crippen molar-refractivity contribution in [3.63, 3.8) is 0 Å². The quantitative estimate of drug-likeness (QED) is 0.451. The Morgan fingerprint density at radius 1 is 1.32 bits per heavy atom. The van der Waals surface area contributed by atoms with Crippen molar-refractivity contribution in [1.82, 2.24) is 19.5 Å². The standard InChI is InChI=1S/C21H25N5O5/c1-2-30-21(29)15(8-13-6-4-3-5-7-13)25-18-17-19(23-11-22-18)26(12-24-17)20-16(28)9-14(10-27)31-20/h3-7,11-12,14-16,20,27-28H,2,8-10H2,1H3,(H,22,23,25)/t14-,15-,16?,20+/m0/s1. The third-order valence-corrected chi connectivity index (χ3v) is 5.17. The van der Waals surface area contributed by atoms with Crippen LogP contribution < -0.4 is 5.32 Å². The van der Waals surface area contributed by atoms with Crippen molar-refractivity contribution >= 4 is 23.0 Å². The average molecular weight is 427 g/mol. The Hall–Kier alpha value is -3.08. The monoisotopic (exact) mass is 427 g/mol. The number of benzene rings is 1. The number of rotatable bonds is 8. The number of imidazole rings is 1. The molecule has 1 aliphatic heterocycles. The molecule has 0 aliphatic carbocycles. The summed E-state index contributed by atoms with van der Waals surface area (Å²) in [6, 6.07) is 8.95. The van der Waals surface area contributed by atoms with Crippen molar-refractivity contribution in [1.29, 1.82) is 0 Å². The zero-order valence-corrected chi connectivity index (χ0v) is 17.1. The van der Waals surface area contributed by atoms with Crippen LogP contribution in [0.5, 0.6) is 0 Å². The van der Waals surface area contributed by atoms with Gasteiger partial charge in [-0.2, -0.15) is 0 Å². The average Bonchev–Trinajstić information content (AvgIpc) is 3.37. The minimum atomic E-state index is -0.800. The van der Waals surface area contributed by atoms with Gasteiger partial charge in [-0.05, 0) is 12.5 Å². The smallest absolute Gasteiger partial charge is 0.328 e. The van der Waals surface area contributed by atoms with E-state index in [0.717, 1.165) is 5.56 Å². The molecule has 3 N–H and O–H groups in total. The van der Waals surface area contributed by atoms with Crippen LogP contribution in [0.25, 0.3) is 11.2 Å². The van der Waals surface area contributed by atoms with Crippen molar-refractivity contribution in [2.75, 3.05) is 18.5 Å². The van der Waals surface area contributed by atoms with E-state index in [-0.39, 0.29) is 13.2 Å². The number of nitrogens with zero attached hydrogens (tertiary/aromatic N) is 4. The first-order valence-electron chi connectivity index (χ1n) is 10.2. The van der Waals surface area contributed by atoms with Gasteiger partial charge in [0.25, 0.3) is 0 Å². The summed E-state index contributed by atoms with van der Waals surface area (Å²) < 4.78 is 12.6. The van der Waals surface area contributed by atoms with E-state index in [1.807, 2.05) is 30.3 Å². The van der Waals surface area contributed by atoms with E-state index in [4.69, 9.17) is 9.47 Å². The van der Waals surface area contributed by atoms with Gasteiger partial charge in [-0.25, -0.2) is 19.7 Å². The Bertz CT molecular complexity index is 1030. The molecule has 31 heavy (non-hydrogen) atoms. The molecule has 3 heterocycles. The summed E-state index contributed by atoms with van der Waals surface area (Å²) in [5, 5.41) is 22.8.